The Balaban J connectivity index is 1.06. The lowest BCUT2D eigenvalue weighted by Gasteiger charge is -2.72. The molecule has 0 aromatic heterocycles. The highest BCUT2D eigenvalue weighted by molar-refractivity contribution is 5.89. The molecule has 2 N–H and O–H groups in total. The van der Waals surface area contributed by atoms with Crippen LogP contribution in [0.3, 0.4) is 0 Å². The minimum atomic E-state index is -0.263. The van der Waals surface area contributed by atoms with E-state index in [1.54, 1.807) is 0 Å². The van der Waals surface area contributed by atoms with Crippen molar-refractivity contribution in [3.63, 3.8) is 0 Å². The van der Waals surface area contributed by atoms with Gasteiger partial charge in [-0.05, 0) is 146 Å². The van der Waals surface area contributed by atoms with Crippen LogP contribution in [-0.4, -0.2) is 61.8 Å². The van der Waals surface area contributed by atoms with Gasteiger partial charge in [-0.3, -0.25) is 4.90 Å². The first-order valence-electron chi connectivity index (χ1n) is 20.0. The van der Waals surface area contributed by atoms with Gasteiger partial charge in [0.2, 0.25) is 0 Å². The molecule has 6 fully saturated rings. The maximum Gasteiger partial charge on any atom is 0.337 e. The first-order chi connectivity index (χ1) is 23.3. The van der Waals surface area contributed by atoms with E-state index in [0.717, 1.165) is 36.9 Å². The molecule has 1 unspecified atom stereocenters. The van der Waals surface area contributed by atoms with E-state index in [1.807, 2.05) is 12.1 Å². The maximum atomic E-state index is 12.1. The van der Waals surface area contributed by atoms with Gasteiger partial charge in [-0.1, -0.05) is 65.0 Å². The van der Waals surface area contributed by atoms with E-state index in [0.29, 0.717) is 39.6 Å². The van der Waals surface area contributed by atoms with Crippen molar-refractivity contribution in [3.8, 4) is 0 Å². The molecule has 2 bridgehead atoms. The molecule has 7 aliphatic rings. The topological polar surface area (TPSA) is 53.6 Å². The van der Waals surface area contributed by atoms with Crippen LogP contribution < -0.4 is 10.6 Å². The van der Waals surface area contributed by atoms with Gasteiger partial charge in [0, 0.05) is 43.8 Å². The highest BCUT2D eigenvalue weighted by atomic mass is 16.5. The summed E-state index contributed by atoms with van der Waals surface area (Å²) in [5.74, 6) is 3.26. The van der Waals surface area contributed by atoms with Gasteiger partial charge in [-0.25, -0.2) is 4.79 Å². The van der Waals surface area contributed by atoms with Gasteiger partial charge < -0.3 is 15.4 Å². The van der Waals surface area contributed by atoms with Gasteiger partial charge in [0.1, 0.15) is 0 Å². The summed E-state index contributed by atoms with van der Waals surface area (Å²) >= 11 is 0. The Bertz CT molecular complexity index is 1510. The van der Waals surface area contributed by atoms with E-state index in [-0.39, 0.29) is 16.9 Å². The van der Waals surface area contributed by atoms with E-state index in [4.69, 9.17) is 4.74 Å². The molecule has 1 aromatic rings. The van der Waals surface area contributed by atoms with E-state index >= 15 is 0 Å². The number of carbonyl (C=O) groups is 1. The van der Waals surface area contributed by atoms with Crippen LogP contribution in [0.25, 0.3) is 5.57 Å². The summed E-state index contributed by atoms with van der Waals surface area (Å²) in [5.41, 5.74) is 6.15. The third-order valence-corrected chi connectivity index (χ3v) is 17.3. The third kappa shape index (κ3) is 4.90. The van der Waals surface area contributed by atoms with E-state index < -0.39 is 0 Å². The second kappa shape index (κ2) is 11.8. The Kier molecular flexibility index (Phi) is 8.21. The van der Waals surface area contributed by atoms with Gasteiger partial charge in [0.25, 0.3) is 0 Å². The zero-order valence-corrected chi connectivity index (χ0v) is 31.8. The third-order valence-electron chi connectivity index (χ3n) is 17.3. The molecule has 5 aliphatic carbocycles. The van der Waals surface area contributed by atoms with Crippen LogP contribution in [0.1, 0.15) is 122 Å². The number of ether oxygens (including phenoxy) is 1. The Morgan fingerprint density at radius 3 is 2.43 bits per heavy atom. The van der Waals surface area contributed by atoms with Crippen LogP contribution >= 0.6 is 0 Å². The second-order valence-electron chi connectivity index (χ2n) is 19.4. The fraction of sp³-hybridized carbons (Fsp3) is 0.750. The Morgan fingerprint density at radius 2 is 1.76 bits per heavy atom. The summed E-state index contributed by atoms with van der Waals surface area (Å²) in [6.07, 6.45) is 15.9. The Morgan fingerprint density at radius 1 is 0.980 bits per heavy atom. The largest absolute Gasteiger partial charge is 0.465 e. The number of rotatable bonds is 7. The van der Waals surface area contributed by atoms with Crippen molar-refractivity contribution in [2.45, 2.75) is 123 Å². The molecule has 8 rings (SSSR count). The average Bonchev–Trinajstić information content (AvgIpc) is 3.80. The number of nitrogens with one attached hydrogen (secondary N) is 2. The van der Waals surface area contributed by atoms with Gasteiger partial charge in [0.05, 0.1) is 12.7 Å². The molecular weight excluding hydrogens is 603 g/mol. The van der Waals surface area contributed by atoms with Crippen molar-refractivity contribution in [1.29, 1.82) is 0 Å². The minimum Gasteiger partial charge on any atom is -0.465 e. The van der Waals surface area contributed by atoms with Crippen molar-refractivity contribution < 1.29 is 9.53 Å². The zero-order valence-electron chi connectivity index (χ0n) is 31.8. The van der Waals surface area contributed by atoms with Gasteiger partial charge >= 0.3 is 5.97 Å². The van der Waals surface area contributed by atoms with Crippen molar-refractivity contribution >= 4 is 11.5 Å². The van der Waals surface area contributed by atoms with Crippen molar-refractivity contribution in [2.75, 3.05) is 33.3 Å². The number of esters is 1. The second-order valence-corrected chi connectivity index (χ2v) is 19.4. The van der Waals surface area contributed by atoms with Crippen LogP contribution in [0.4, 0.5) is 0 Å². The number of carbonyl (C=O) groups excluding carboxylic acids is 1. The molecule has 5 heteroatoms. The van der Waals surface area contributed by atoms with Crippen LogP contribution in [0.5, 0.6) is 0 Å². The fourth-order valence-corrected chi connectivity index (χ4v) is 14.8. The molecule has 49 heavy (non-hydrogen) atoms. The van der Waals surface area contributed by atoms with Crippen molar-refractivity contribution in [2.24, 2.45) is 51.2 Å². The number of allylic oxidation sites excluding steroid dienone is 3. The molecule has 0 amide bonds. The number of hydrogen-bond acceptors (Lipinski definition) is 5. The molecule has 2 saturated heterocycles. The number of piperazine rings is 1. The van der Waals surface area contributed by atoms with E-state index in [2.05, 4.69) is 81.9 Å². The predicted octanol–water partition coefficient (Wildman–Crippen LogP) is 8.51. The van der Waals surface area contributed by atoms with Crippen LogP contribution in [0, 0.1) is 51.2 Å². The first kappa shape index (κ1) is 34.2. The SMILES string of the molecule is C=C(C)[C@@H]1CC[C@]2(NCCN3C[C@@H]4CC3CN4)CC[C@]3(C)[C@H](CC[C@@H]4[C@@]5(C)CC=C(c6ccc(C(=O)OC)cc6)C(C)(C)[C@@H]5CC[C@]43C)[C@@H]12. The quantitative estimate of drug-likeness (QED) is 0.226. The molecule has 11 atom stereocenters. The number of benzene rings is 1. The lowest BCUT2D eigenvalue weighted by Crippen LogP contribution is -2.68. The molecule has 2 aliphatic heterocycles. The van der Waals surface area contributed by atoms with E-state index in [9.17, 15) is 4.79 Å². The molecule has 1 aromatic carbocycles. The molecule has 5 nitrogen and oxygen atoms in total. The molecular formula is C44H65N3O2. The van der Waals surface area contributed by atoms with Gasteiger partial charge in [-0.15, -0.1) is 0 Å². The summed E-state index contributed by atoms with van der Waals surface area (Å²) in [6, 6.07) is 9.68. The fourth-order valence-electron chi connectivity index (χ4n) is 14.8. The smallest absolute Gasteiger partial charge is 0.337 e. The first-order valence-corrected chi connectivity index (χ1v) is 20.0. The number of likely N-dealkylation sites (tertiary alicyclic amines) is 1. The van der Waals surface area contributed by atoms with Crippen molar-refractivity contribution in [1.82, 2.24) is 15.5 Å². The number of hydrogen-bond donors (Lipinski definition) is 2. The normalized spacial score (nSPS) is 45.1. The highest BCUT2D eigenvalue weighted by Gasteiger charge is 2.70. The predicted molar refractivity (Wildman–Crippen MR) is 200 cm³/mol. The van der Waals surface area contributed by atoms with Crippen LogP contribution in [0.2, 0.25) is 0 Å². The molecule has 2 heterocycles. The summed E-state index contributed by atoms with van der Waals surface area (Å²) in [4.78, 5) is 14.9. The molecule has 0 radical (unpaired) electrons. The molecule has 4 saturated carbocycles. The zero-order chi connectivity index (χ0) is 34.6. The lowest BCUT2D eigenvalue weighted by atomic mass is 9.33. The van der Waals surface area contributed by atoms with Crippen molar-refractivity contribution in [3.05, 3.63) is 53.6 Å². The monoisotopic (exact) mass is 668 g/mol. The highest BCUT2D eigenvalue weighted by Crippen LogP contribution is 2.76. The van der Waals surface area contributed by atoms with Crippen LogP contribution in [0.15, 0.2) is 42.5 Å². The number of methoxy groups -OCH3 is 1. The number of fused-ring (bicyclic) bond motifs is 9. The summed E-state index contributed by atoms with van der Waals surface area (Å²) in [5, 5.41) is 8.06. The molecule has 268 valence electrons. The molecule has 0 spiro atoms. The Hall–Kier alpha value is -1.95. The van der Waals surface area contributed by atoms with Crippen LogP contribution in [-0.2, 0) is 4.74 Å². The average molecular weight is 668 g/mol. The van der Waals surface area contributed by atoms with Gasteiger partial charge in [-0.2, -0.15) is 0 Å². The van der Waals surface area contributed by atoms with E-state index in [1.165, 1.54) is 101 Å². The summed E-state index contributed by atoms with van der Waals surface area (Å²) in [6.45, 7) is 25.0. The minimum absolute atomic E-state index is 0.0753. The Labute approximate surface area is 297 Å². The summed E-state index contributed by atoms with van der Waals surface area (Å²) < 4.78 is 4.98. The standard InChI is InChI=1S/C44H65N3O2/c1-28(2)33-15-20-44(46-23-24-47-27-31-25-32(47)26-45-31)22-21-42(6)35(38(33)44)13-14-37-41(5)18-16-34(29-9-11-30(12-10-29)39(48)49-8)40(3,4)36(41)17-19-43(37,42)7/h9-12,16,31-33,35-38,45-46H,1,13-15,17-27H2,2-8H3/t31-,32?,33-,35+,36-,37+,38+,41-,42+,43+,44-/m0/s1. The summed E-state index contributed by atoms with van der Waals surface area (Å²) in [7, 11) is 1.46. The lowest BCUT2D eigenvalue weighted by molar-refractivity contribution is -0.219. The van der Waals surface area contributed by atoms with Gasteiger partial charge in [0.15, 0.2) is 0 Å². The number of nitrogens with zero attached hydrogens (tertiary/aromatic N) is 1. The maximum absolute atomic E-state index is 12.1.